The first-order chi connectivity index (χ1) is 8.25. The largest absolute Gasteiger partial charge is 0.330 e. The second-order valence-corrected chi connectivity index (χ2v) is 4.33. The molecule has 0 aliphatic carbocycles. The van der Waals surface area contributed by atoms with E-state index in [1.807, 2.05) is 24.3 Å². The van der Waals surface area contributed by atoms with Gasteiger partial charge in [0, 0.05) is 5.02 Å². The zero-order valence-electron chi connectivity index (χ0n) is 8.59. The Morgan fingerprint density at radius 1 is 1.35 bits per heavy atom. The minimum absolute atomic E-state index is 0.534. The highest BCUT2D eigenvalue weighted by Gasteiger charge is 2.06. The van der Waals surface area contributed by atoms with Gasteiger partial charge in [0.2, 0.25) is 0 Å². The standard InChI is InChI=1S/C11H7ClN4S/c12-7-2-1-3-8(4-7)16-10-9(5-15-16)11(17)14-6-13-10/h1-6H,(H,13,14,17). The van der Waals surface area contributed by atoms with Crippen molar-refractivity contribution in [3.05, 3.63) is 46.5 Å². The summed E-state index contributed by atoms with van der Waals surface area (Å²) in [6, 6.07) is 7.46. The minimum atomic E-state index is 0.534. The fourth-order valence-electron chi connectivity index (χ4n) is 1.67. The van der Waals surface area contributed by atoms with E-state index in [0.29, 0.717) is 9.66 Å². The topological polar surface area (TPSA) is 46.5 Å². The van der Waals surface area contributed by atoms with Gasteiger partial charge in [-0.05, 0) is 18.2 Å². The van der Waals surface area contributed by atoms with Gasteiger partial charge in [-0.25, -0.2) is 9.67 Å². The molecular weight excluding hydrogens is 256 g/mol. The van der Waals surface area contributed by atoms with Crippen LogP contribution in [0.1, 0.15) is 0 Å². The molecule has 3 aromatic rings. The molecule has 17 heavy (non-hydrogen) atoms. The number of nitrogens with zero attached hydrogens (tertiary/aromatic N) is 3. The van der Waals surface area contributed by atoms with Crippen molar-refractivity contribution in [2.75, 3.05) is 0 Å². The fraction of sp³-hybridized carbons (Fsp3) is 0. The summed E-state index contributed by atoms with van der Waals surface area (Å²) in [5.74, 6) is 0. The predicted octanol–water partition coefficient (Wildman–Crippen LogP) is 3.13. The summed E-state index contributed by atoms with van der Waals surface area (Å²) in [5, 5.41) is 5.77. The van der Waals surface area contributed by atoms with Gasteiger partial charge in [0.15, 0.2) is 0 Å². The smallest absolute Gasteiger partial charge is 0.145 e. The highest BCUT2D eigenvalue weighted by molar-refractivity contribution is 7.71. The van der Waals surface area contributed by atoms with E-state index in [1.165, 1.54) is 0 Å². The second-order valence-electron chi connectivity index (χ2n) is 3.51. The van der Waals surface area contributed by atoms with Crippen LogP contribution in [0.4, 0.5) is 0 Å². The van der Waals surface area contributed by atoms with E-state index in [1.54, 1.807) is 17.2 Å². The van der Waals surface area contributed by atoms with Gasteiger partial charge in [0.1, 0.15) is 10.3 Å². The molecular formula is C11H7ClN4S. The van der Waals surface area contributed by atoms with E-state index in [2.05, 4.69) is 15.1 Å². The Hall–Kier alpha value is -1.72. The van der Waals surface area contributed by atoms with Gasteiger partial charge in [0.05, 0.1) is 23.6 Å². The fourth-order valence-corrected chi connectivity index (χ4v) is 2.06. The molecule has 3 rings (SSSR count). The molecule has 2 heterocycles. The lowest BCUT2D eigenvalue weighted by Gasteiger charge is -2.03. The van der Waals surface area contributed by atoms with Crippen molar-refractivity contribution >= 4 is 34.9 Å². The molecule has 2 aromatic heterocycles. The van der Waals surface area contributed by atoms with Gasteiger partial charge in [-0.3, -0.25) is 0 Å². The minimum Gasteiger partial charge on any atom is -0.330 e. The lowest BCUT2D eigenvalue weighted by molar-refractivity contribution is 0.895. The SMILES string of the molecule is S=c1nc[nH]c2c1cnn2-c1cccc(Cl)c1. The van der Waals surface area contributed by atoms with Gasteiger partial charge in [-0.1, -0.05) is 29.9 Å². The Balaban J connectivity index is 2.32. The van der Waals surface area contributed by atoms with Crippen molar-refractivity contribution in [1.82, 2.24) is 19.7 Å². The number of rotatable bonds is 1. The number of fused-ring (bicyclic) bond motifs is 1. The van der Waals surface area contributed by atoms with E-state index >= 15 is 0 Å². The number of aromatic nitrogens is 4. The Morgan fingerprint density at radius 2 is 2.24 bits per heavy atom. The van der Waals surface area contributed by atoms with Crippen LogP contribution in [0.2, 0.25) is 5.02 Å². The molecule has 0 amide bonds. The lowest BCUT2D eigenvalue weighted by Crippen LogP contribution is -1.97. The monoisotopic (exact) mass is 262 g/mol. The van der Waals surface area contributed by atoms with Crippen LogP contribution in [-0.4, -0.2) is 19.7 Å². The highest BCUT2D eigenvalue weighted by Crippen LogP contribution is 2.18. The van der Waals surface area contributed by atoms with Crippen molar-refractivity contribution in [3.63, 3.8) is 0 Å². The van der Waals surface area contributed by atoms with Crippen LogP contribution in [0.25, 0.3) is 16.7 Å². The number of hydrogen-bond donors (Lipinski definition) is 1. The van der Waals surface area contributed by atoms with Crippen LogP contribution in [0.15, 0.2) is 36.8 Å². The molecule has 0 saturated carbocycles. The first-order valence-corrected chi connectivity index (χ1v) is 5.72. The van der Waals surface area contributed by atoms with Gasteiger partial charge >= 0.3 is 0 Å². The van der Waals surface area contributed by atoms with Crippen LogP contribution in [0.3, 0.4) is 0 Å². The van der Waals surface area contributed by atoms with Crippen LogP contribution >= 0.6 is 23.8 Å². The van der Waals surface area contributed by atoms with Gasteiger partial charge in [0.25, 0.3) is 0 Å². The number of benzene rings is 1. The number of nitrogens with one attached hydrogen (secondary N) is 1. The van der Waals surface area contributed by atoms with Crippen molar-refractivity contribution in [2.45, 2.75) is 0 Å². The Bertz CT molecular complexity index is 746. The Kier molecular flexibility index (Phi) is 2.42. The molecule has 0 aliphatic rings. The van der Waals surface area contributed by atoms with Crippen LogP contribution < -0.4 is 0 Å². The van der Waals surface area contributed by atoms with Crippen LogP contribution in [0.5, 0.6) is 0 Å². The van der Waals surface area contributed by atoms with Crippen molar-refractivity contribution < 1.29 is 0 Å². The maximum absolute atomic E-state index is 5.96. The van der Waals surface area contributed by atoms with E-state index in [0.717, 1.165) is 16.7 Å². The molecule has 6 heteroatoms. The summed E-state index contributed by atoms with van der Waals surface area (Å²) in [7, 11) is 0. The average Bonchev–Trinajstić information content (AvgIpc) is 2.74. The molecule has 4 nitrogen and oxygen atoms in total. The summed E-state index contributed by atoms with van der Waals surface area (Å²) >= 11 is 11.1. The normalized spacial score (nSPS) is 10.9. The summed E-state index contributed by atoms with van der Waals surface area (Å²) in [6.07, 6.45) is 3.26. The first-order valence-electron chi connectivity index (χ1n) is 4.93. The molecule has 0 aliphatic heterocycles. The summed E-state index contributed by atoms with van der Waals surface area (Å²) in [6.45, 7) is 0. The molecule has 84 valence electrons. The van der Waals surface area contributed by atoms with Gasteiger partial charge in [-0.2, -0.15) is 5.10 Å². The molecule has 0 fully saturated rings. The summed E-state index contributed by atoms with van der Waals surface area (Å²) in [4.78, 5) is 7.05. The summed E-state index contributed by atoms with van der Waals surface area (Å²) < 4.78 is 2.28. The molecule has 0 spiro atoms. The molecule has 1 aromatic carbocycles. The summed E-state index contributed by atoms with van der Waals surface area (Å²) in [5.41, 5.74) is 1.69. The van der Waals surface area contributed by atoms with Crippen molar-refractivity contribution in [1.29, 1.82) is 0 Å². The number of H-pyrrole nitrogens is 1. The quantitative estimate of drug-likeness (QED) is 0.686. The lowest BCUT2D eigenvalue weighted by atomic mass is 10.3. The molecule has 0 bridgehead atoms. The number of hydrogen-bond acceptors (Lipinski definition) is 3. The maximum atomic E-state index is 5.96. The first kappa shape index (κ1) is 10.4. The zero-order chi connectivity index (χ0) is 11.8. The van der Waals surface area contributed by atoms with Crippen molar-refractivity contribution in [2.24, 2.45) is 0 Å². The van der Waals surface area contributed by atoms with Crippen LogP contribution in [-0.2, 0) is 0 Å². The number of aromatic amines is 1. The van der Waals surface area contributed by atoms with Gasteiger partial charge < -0.3 is 4.98 Å². The van der Waals surface area contributed by atoms with Crippen LogP contribution in [0, 0.1) is 4.64 Å². The average molecular weight is 263 g/mol. The highest BCUT2D eigenvalue weighted by atomic mass is 35.5. The Morgan fingerprint density at radius 3 is 3.06 bits per heavy atom. The van der Waals surface area contributed by atoms with E-state index in [4.69, 9.17) is 23.8 Å². The molecule has 0 radical (unpaired) electrons. The molecule has 0 unspecified atom stereocenters. The molecule has 0 saturated heterocycles. The maximum Gasteiger partial charge on any atom is 0.145 e. The zero-order valence-corrected chi connectivity index (χ0v) is 10.2. The third kappa shape index (κ3) is 1.73. The van der Waals surface area contributed by atoms with E-state index in [9.17, 15) is 0 Å². The Labute approximate surface area is 107 Å². The number of halogens is 1. The molecule has 1 N–H and O–H groups in total. The third-order valence-corrected chi connectivity index (χ3v) is 3.00. The predicted molar refractivity (Wildman–Crippen MR) is 69.1 cm³/mol. The van der Waals surface area contributed by atoms with E-state index in [-0.39, 0.29) is 0 Å². The third-order valence-electron chi connectivity index (χ3n) is 2.44. The van der Waals surface area contributed by atoms with E-state index < -0.39 is 0 Å². The van der Waals surface area contributed by atoms with Crippen molar-refractivity contribution in [3.8, 4) is 5.69 Å². The molecule has 0 atom stereocenters. The van der Waals surface area contributed by atoms with Gasteiger partial charge in [-0.15, -0.1) is 0 Å². The second kappa shape index (κ2) is 3.94.